The van der Waals surface area contributed by atoms with Crippen molar-refractivity contribution in [3.05, 3.63) is 40.6 Å². The van der Waals surface area contributed by atoms with E-state index >= 15 is 0 Å². The van der Waals surface area contributed by atoms with Crippen molar-refractivity contribution < 1.29 is 13.2 Å². The van der Waals surface area contributed by atoms with Gasteiger partial charge in [-0.05, 0) is 11.6 Å². The smallest absolute Gasteiger partial charge is 0.398 e. The highest BCUT2D eigenvalue weighted by atomic mass is 32.1. The van der Waals surface area contributed by atoms with Crippen molar-refractivity contribution in [3.63, 3.8) is 0 Å². The van der Waals surface area contributed by atoms with Gasteiger partial charge in [0.1, 0.15) is 0 Å². The van der Waals surface area contributed by atoms with E-state index in [-0.39, 0.29) is 5.56 Å². The Morgan fingerprint density at radius 2 is 1.69 bits per heavy atom. The summed E-state index contributed by atoms with van der Waals surface area (Å²) in [6, 6.07) is 5.43. The lowest BCUT2D eigenvalue weighted by Crippen LogP contribution is -2.07. The van der Waals surface area contributed by atoms with Crippen LogP contribution in [0.1, 0.15) is 5.56 Å². The number of alkyl halides is 3. The zero-order chi connectivity index (χ0) is 11.8. The normalized spacial score (nSPS) is 11.7. The average molecular weight is 243 g/mol. The Balaban J connectivity index is 2.62. The van der Waals surface area contributed by atoms with Gasteiger partial charge < -0.3 is 5.73 Å². The van der Waals surface area contributed by atoms with E-state index in [0.29, 0.717) is 11.3 Å². The summed E-state index contributed by atoms with van der Waals surface area (Å²) in [4.78, 5) is 0. The number of halogens is 3. The zero-order valence-electron chi connectivity index (χ0n) is 8.08. The molecule has 0 atom stereocenters. The van der Waals surface area contributed by atoms with Crippen molar-refractivity contribution in [2.75, 3.05) is 5.73 Å². The SMILES string of the molecule is Nc1cscc1-c1ccccc1C(F)(F)F. The maximum absolute atomic E-state index is 12.7. The third-order valence-corrected chi connectivity index (χ3v) is 2.98. The minimum atomic E-state index is -4.36. The Morgan fingerprint density at radius 3 is 2.25 bits per heavy atom. The summed E-state index contributed by atoms with van der Waals surface area (Å²) in [5.41, 5.74) is 5.93. The van der Waals surface area contributed by atoms with Crippen molar-refractivity contribution in [2.24, 2.45) is 0 Å². The minimum absolute atomic E-state index is 0.133. The first kappa shape index (κ1) is 11.0. The van der Waals surface area contributed by atoms with Crippen molar-refractivity contribution in [1.82, 2.24) is 0 Å². The van der Waals surface area contributed by atoms with Gasteiger partial charge in [0.25, 0.3) is 0 Å². The first-order valence-corrected chi connectivity index (χ1v) is 5.42. The third-order valence-electron chi connectivity index (χ3n) is 2.21. The van der Waals surface area contributed by atoms with Crippen molar-refractivity contribution in [2.45, 2.75) is 6.18 Å². The van der Waals surface area contributed by atoms with Crippen LogP contribution < -0.4 is 5.73 Å². The fourth-order valence-corrected chi connectivity index (χ4v) is 2.23. The Hall–Kier alpha value is -1.49. The highest BCUT2D eigenvalue weighted by Gasteiger charge is 2.33. The summed E-state index contributed by atoms with van der Waals surface area (Å²) in [6.45, 7) is 0. The molecule has 1 aromatic carbocycles. The van der Waals surface area contributed by atoms with Gasteiger partial charge in [0, 0.05) is 16.3 Å². The molecule has 2 N–H and O–H groups in total. The van der Waals surface area contributed by atoms with E-state index < -0.39 is 11.7 Å². The Morgan fingerprint density at radius 1 is 1.00 bits per heavy atom. The van der Waals surface area contributed by atoms with E-state index in [1.165, 1.54) is 23.5 Å². The van der Waals surface area contributed by atoms with Gasteiger partial charge in [-0.1, -0.05) is 18.2 Å². The van der Waals surface area contributed by atoms with Crippen LogP contribution in [-0.2, 0) is 6.18 Å². The van der Waals surface area contributed by atoms with E-state index in [1.807, 2.05) is 0 Å². The van der Waals surface area contributed by atoms with Gasteiger partial charge in [0.2, 0.25) is 0 Å². The number of nitrogens with two attached hydrogens (primary N) is 1. The number of hydrogen-bond donors (Lipinski definition) is 1. The number of rotatable bonds is 1. The van der Waals surface area contributed by atoms with Gasteiger partial charge in [-0.25, -0.2) is 0 Å². The molecule has 2 rings (SSSR count). The molecule has 84 valence electrons. The lowest BCUT2D eigenvalue weighted by molar-refractivity contribution is -0.137. The first-order valence-electron chi connectivity index (χ1n) is 4.48. The van der Waals surface area contributed by atoms with Crippen LogP contribution in [0, 0.1) is 0 Å². The summed E-state index contributed by atoms with van der Waals surface area (Å²) in [6.07, 6.45) is -4.36. The molecule has 0 bridgehead atoms. The Labute approximate surface area is 94.3 Å². The molecule has 0 unspecified atom stereocenters. The van der Waals surface area contributed by atoms with E-state index in [1.54, 1.807) is 16.8 Å². The molecular formula is C11H8F3NS. The molecular weight excluding hydrogens is 235 g/mol. The van der Waals surface area contributed by atoms with Crippen LogP contribution in [0.2, 0.25) is 0 Å². The van der Waals surface area contributed by atoms with E-state index in [2.05, 4.69) is 0 Å². The summed E-state index contributed by atoms with van der Waals surface area (Å²) in [7, 11) is 0. The third kappa shape index (κ3) is 1.90. The van der Waals surface area contributed by atoms with Crippen LogP contribution in [0.25, 0.3) is 11.1 Å². The zero-order valence-corrected chi connectivity index (χ0v) is 8.90. The Kier molecular flexibility index (Phi) is 2.63. The number of hydrogen-bond acceptors (Lipinski definition) is 2. The second-order valence-corrected chi connectivity index (χ2v) is 4.03. The second kappa shape index (κ2) is 3.83. The fourth-order valence-electron chi connectivity index (χ4n) is 1.49. The second-order valence-electron chi connectivity index (χ2n) is 3.28. The predicted octanol–water partition coefficient (Wildman–Crippen LogP) is 4.02. The standard InChI is InChI=1S/C11H8F3NS/c12-11(13,14)9-4-2-1-3-7(9)8-5-16-6-10(8)15/h1-6H,15H2. The van der Waals surface area contributed by atoms with E-state index in [0.717, 1.165) is 6.07 Å². The highest BCUT2D eigenvalue weighted by molar-refractivity contribution is 7.08. The van der Waals surface area contributed by atoms with Crippen LogP contribution >= 0.6 is 11.3 Å². The highest BCUT2D eigenvalue weighted by Crippen LogP contribution is 2.39. The molecule has 0 radical (unpaired) electrons. The molecule has 0 saturated carbocycles. The van der Waals surface area contributed by atoms with Crippen LogP contribution in [0.5, 0.6) is 0 Å². The van der Waals surface area contributed by atoms with Gasteiger partial charge in [-0.2, -0.15) is 13.2 Å². The molecule has 16 heavy (non-hydrogen) atoms. The average Bonchev–Trinajstić information content (AvgIpc) is 2.63. The molecule has 0 amide bonds. The first-order chi connectivity index (χ1) is 7.50. The maximum atomic E-state index is 12.7. The molecule has 0 saturated heterocycles. The largest absolute Gasteiger partial charge is 0.417 e. The topological polar surface area (TPSA) is 26.0 Å². The quantitative estimate of drug-likeness (QED) is 0.804. The number of benzene rings is 1. The summed E-state index contributed by atoms with van der Waals surface area (Å²) >= 11 is 1.29. The number of anilines is 1. The van der Waals surface area contributed by atoms with Gasteiger partial charge in [-0.15, -0.1) is 11.3 Å². The molecule has 0 aliphatic carbocycles. The summed E-state index contributed by atoms with van der Waals surface area (Å²) < 4.78 is 38.2. The van der Waals surface area contributed by atoms with Crippen molar-refractivity contribution in [3.8, 4) is 11.1 Å². The van der Waals surface area contributed by atoms with Gasteiger partial charge in [0.15, 0.2) is 0 Å². The van der Waals surface area contributed by atoms with Crippen molar-refractivity contribution in [1.29, 1.82) is 0 Å². The Bertz CT molecular complexity index is 502. The maximum Gasteiger partial charge on any atom is 0.417 e. The van der Waals surface area contributed by atoms with Crippen LogP contribution in [-0.4, -0.2) is 0 Å². The van der Waals surface area contributed by atoms with Gasteiger partial charge in [0.05, 0.1) is 11.3 Å². The van der Waals surface area contributed by atoms with Gasteiger partial charge in [-0.3, -0.25) is 0 Å². The predicted molar refractivity (Wildman–Crippen MR) is 59.2 cm³/mol. The molecule has 0 aliphatic rings. The lowest BCUT2D eigenvalue weighted by Gasteiger charge is -2.12. The number of nitrogen functional groups attached to an aromatic ring is 1. The minimum Gasteiger partial charge on any atom is -0.398 e. The molecule has 0 fully saturated rings. The van der Waals surface area contributed by atoms with Gasteiger partial charge >= 0.3 is 6.18 Å². The van der Waals surface area contributed by atoms with E-state index in [4.69, 9.17) is 5.73 Å². The fraction of sp³-hybridized carbons (Fsp3) is 0.0909. The number of thiophene rings is 1. The van der Waals surface area contributed by atoms with Crippen molar-refractivity contribution >= 4 is 17.0 Å². The molecule has 0 aliphatic heterocycles. The van der Waals surface area contributed by atoms with Crippen LogP contribution in [0.3, 0.4) is 0 Å². The molecule has 1 aromatic heterocycles. The molecule has 0 spiro atoms. The monoisotopic (exact) mass is 243 g/mol. The molecule has 2 aromatic rings. The lowest BCUT2D eigenvalue weighted by atomic mass is 10.0. The summed E-state index contributed by atoms with van der Waals surface area (Å²) in [5, 5.41) is 3.25. The van der Waals surface area contributed by atoms with Crippen LogP contribution in [0.15, 0.2) is 35.0 Å². The molecule has 1 heterocycles. The molecule has 5 heteroatoms. The van der Waals surface area contributed by atoms with Crippen LogP contribution in [0.4, 0.5) is 18.9 Å². The summed E-state index contributed by atoms with van der Waals surface area (Å²) in [5.74, 6) is 0. The molecule has 1 nitrogen and oxygen atoms in total. The van der Waals surface area contributed by atoms with E-state index in [9.17, 15) is 13.2 Å².